The summed E-state index contributed by atoms with van der Waals surface area (Å²) in [6.07, 6.45) is 7.25. The summed E-state index contributed by atoms with van der Waals surface area (Å²) in [6, 6.07) is 8.42. The summed E-state index contributed by atoms with van der Waals surface area (Å²) in [4.78, 5) is 49.1. The van der Waals surface area contributed by atoms with Crippen molar-refractivity contribution in [2.24, 2.45) is 0 Å². The fourth-order valence-corrected chi connectivity index (χ4v) is 7.77. The van der Waals surface area contributed by atoms with Crippen molar-refractivity contribution >= 4 is 22.8 Å². The van der Waals surface area contributed by atoms with Crippen molar-refractivity contribution in [3.8, 4) is 11.4 Å². The third kappa shape index (κ3) is 4.59. The van der Waals surface area contributed by atoms with Crippen LogP contribution in [0.1, 0.15) is 80.2 Å². The largest absolute Gasteiger partial charge is 0.458 e. The van der Waals surface area contributed by atoms with Gasteiger partial charge >= 0.3 is 5.97 Å². The molecule has 0 unspecified atom stereocenters. The van der Waals surface area contributed by atoms with E-state index < -0.39 is 11.6 Å². The van der Waals surface area contributed by atoms with Gasteiger partial charge in [0.1, 0.15) is 6.61 Å². The van der Waals surface area contributed by atoms with Crippen molar-refractivity contribution in [1.82, 2.24) is 19.4 Å². The molecule has 226 valence electrons. The summed E-state index contributed by atoms with van der Waals surface area (Å²) in [5.74, 6) is -0.549. The van der Waals surface area contributed by atoms with Crippen LogP contribution in [-0.2, 0) is 45.9 Å². The lowest BCUT2D eigenvalue weighted by Crippen LogP contribution is -2.48. The number of likely N-dealkylation sites (tertiary alicyclic amines) is 2. The maximum atomic E-state index is 13.6. The van der Waals surface area contributed by atoms with Gasteiger partial charge in [-0.05, 0) is 80.9 Å². The van der Waals surface area contributed by atoms with Crippen molar-refractivity contribution in [2.45, 2.75) is 90.0 Å². The van der Waals surface area contributed by atoms with Crippen LogP contribution in [0, 0.1) is 0 Å². The minimum Gasteiger partial charge on any atom is -0.458 e. The van der Waals surface area contributed by atoms with E-state index in [0.717, 1.165) is 59.9 Å². The highest BCUT2D eigenvalue weighted by molar-refractivity contribution is 5.90. The number of aromatic nitrogens is 2. The van der Waals surface area contributed by atoms with Crippen LogP contribution in [0.15, 0.2) is 29.1 Å². The number of piperidine rings is 2. The van der Waals surface area contributed by atoms with E-state index in [1.807, 2.05) is 17.0 Å². The predicted octanol–water partition coefficient (Wildman–Crippen LogP) is 3.66. The summed E-state index contributed by atoms with van der Waals surface area (Å²) < 4.78 is 6.89. The number of carbonyl (C=O) groups excluding carboxylic acids is 2. The molecule has 3 aromatic rings. The summed E-state index contributed by atoms with van der Waals surface area (Å²) in [6.45, 7) is 8.07. The molecule has 2 saturated heterocycles. The van der Waals surface area contributed by atoms with Gasteiger partial charge in [0.15, 0.2) is 5.60 Å². The molecular formula is C34H40N4O5. The Bertz CT molecular complexity index is 1680. The van der Waals surface area contributed by atoms with Crippen LogP contribution in [0.4, 0.5) is 0 Å². The van der Waals surface area contributed by atoms with Crippen LogP contribution in [0.5, 0.6) is 0 Å². The number of fused-ring (bicyclic) bond motifs is 5. The highest BCUT2D eigenvalue weighted by Crippen LogP contribution is 2.40. The van der Waals surface area contributed by atoms with E-state index in [1.54, 1.807) is 17.6 Å². The van der Waals surface area contributed by atoms with Crippen LogP contribution < -0.4 is 5.56 Å². The van der Waals surface area contributed by atoms with Crippen LogP contribution in [0.3, 0.4) is 0 Å². The number of esters is 1. The SMILES string of the molecule is CCc1c2c(nc3ccc(CC(=O)N4CCC(N5CCCCC5)CC4)cc13)-c1cc3c(c(=O)n1C2)COC(=O)[C@]3(O)CC. The van der Waals surface area contributed by atoms with E-state index in [0.29, 0.717) is 41.5 Å². The van der Waals surface area contributed by atoms with Crippen molar-refractivity contribution < 1.29 is 19.4 Å². The monoisotopic (exact) mass is 584 g/mol. The summed E-state index contributed by atoms with van der Waals surface area (Å²) in [5.41, 5.74) is 3.72. The second kappa shape index (κ2) is 10.9. The fourth-order valence-electron chi connectivity index (χ4n) is 7.77. The molecule has 2 aromatic heterocycles. The molecular weight excluding hydrogens is 544 g/mol. The quantitative estimate of drug-likeness (QED) is 0.357. The lowest BCUT2D eigenvalue weighted by molar-refractivity contribution is -0.172. The number of carbonyl (C=O) groups is 2. The van der Waals surface area contributed by atoms with Crippen LogP contribution >= 0.6 is 0 Å². The molecule has 1 N–H and O–H groups in total. The number of nitrogens with zero attached hydrogens (tertiary/aromatic N) is 4. The molecule has 0 aliphatic carbocycles. The van der Waals surface area contributed by atoms with Crippen molar-refractivity contribution in [1.29, 1.82) is 0 Å². The van der Waals surface area contributed by atoms with E-state index in [2.05, 4.69) is 17.9 Å². The van der Waals surface area contributed by atoms with E-state index in [-0.39, 0.29) is 24.5 Å². The molecule has 0 spiro atoms. The lowest BCUT2D eigenvalue weighted by Gasteiger charge is -2.40. The molecule has 1 amide bonds. The van der Waals surface area contributed by atoms with Gasteiger partial charge in [0.25, 0.3) is 5.56 Å². The van der Waals surface area contributed by atoms with Crippen molar-refractivity contribution in [2.75, 3.05) is 26.2 Å². The van der Waals surface area contributed by atoms with Gasteiger partial charge in [-0.2, -0.15) is 0 Å². The molecule has 9 nitrogen and oxygen atoms in total. The first kappa shape index (κ1) is 28.2. The van der Waals surface area contributed by atoms with Crippen molar-refractivity contribution in [3.63, 3.8) is 0 Å². The average molecular weight is 585 g/mol. The zero-order valence-electron chi connectivity index (χ0n) is 25.2. The molecule has 0 bridgehead atoms. The standard InChI is InChI=1S/C34H40N4O5/c1-3-23-24-16-21(17-30(39)37-14-10-22(11-15-37)36-12-6-5-7-13-36)8-9-28(24)35-31-25(23)19-38-29(31)18-27-26(32(38)40)20-43-33(41)34(27,42)4-2/h8-9,16,18,22,42H,3-7,10-15,17,19-20H2,1-2H3/t34-/m0/s1. The summed E-state index contributed by atoms with van der Waals surface area (Å²) in [7, 11) is 0. The minimum atomic E-state index is -1.85. The van der Waals surface area contributed by atoms with Crippen LogP contribution in [-0.4, -0.2) is 68.6 Å². The van der Waals surface area contributed by atoms with Gasteiger partial charge in [0.05, 0.1) is 35.4 Å². The highest BCUT2D eigenvalue weighted by Gasteiger charge is 2.45. The second-order valence-electron chi connectivity index (χ2n) is 12.6. The molecule has 6 heterocycles. The number of ether oxygens (including phenoxy) is 1. The minimum absolute atomic E-state index is 0.109. The zero-order valence-corrected chi connectivity index (χ0v) is 25.2. The van der Waals surface area contributed by atoms with Crippen LogP contribution in [0.25, 0.3) is 22.3 Å². The van der Waals surface area contributed by atoms with Gasteiger partial charge in [0, 0.05) is 35.6 Å². The number of aliphatic hydroxyl groups is 1. The van der Waals surface area contributed by atoms with Crippen molar-refractivity contribution in [3.05, 3.63) is 62.4 Å². The Morgan fingerprint density at radius 1 is 1.05 bits per heavy atom. The molecule has 9 heteroatoms. The summed E-state index contributed by atoms with van der Waals surface area (Å²) in [5, 5.41) is 12.2. The molecule has 43 heavy (non-hydrogen) atoms. The first-order valence-electron chi connectivity index (χ1n) is 16.0. The fraction of sp³-hybridized carbons (Fsp3) is 0.529. The van der Waals surface area contributed by atoms with E-state index in [9.17, 15) is 19.5 Å². The number of rotatable bonds is 5. The molecule has 7 rings (SSSR count). The summed E-state index contributed by atoms with van der Waals surface area (Å²) >= 11 is 0. The Hall–Kier alpha value is -3.56. The number of aryl methyl sites for hydroxylation is 1. The second-order valence-corrected chi connectivity index (χ2v) is 12.6. The molecule has 0 saturated carbocycles. The Morgan fingerprint density at radius 3 is 2.53 bits per heavy atom. The number of amides is 1. The van der Waals surface area contributed by atoms with Gasteiger partial charge in [-0.25, -0.2) is 9.78 Å². The third-order valence-electron chi connectivity index (χ3n) is 10.3. The number of cyclic esters (lactones) is 1. The van der Waals surface area contributed by atoms with Gasteiger partial charge < -0.3 is 24.2 Å². The number of hydrogen-bond donors (Lipinski definition) is 1. The number of benzene rings is 1. The van der Waals surface area contributed by atoms with Gasteiger partial charge in [-0.1, -0.05) is 26.3 Å². The molecule has 0 radical (unpaired) electrons. The predicted molar refractivity (Wildman–Crippen MR) is 163 cm³/mol. The highest BCUT2D eigenvalue weighted by atomic mass is 16.6. The first-order chi connectivity index (χ1) is 20.8. The molecule has 4 aliphatic heterocycles. The Kier molecular flexibility index (Phi) is 7.13. The Labute approximate surface area is 251 Å². The zero-order chi connectivity index (χ0) is 29.9. The maximum absolute atomic E-state index is 13.6. The smallest absolute Gasteiger partial charge is 0.343 e. The Balaban J connectivity index is 1.16. The first-order valence-corrected chi connectivity index (χ1v) is 16.0. The molecule has 4 aliphatic rings. The van der Waals surface area contributed by atoms with E-state index in [4.69, 9.17) is 9.72 Å². The average Bonchev–Trinajstić information content (AvgIpc) is 3.41. The molecule has 2 fully saturated rings. The number of pyridine rings is 2. The van der Waals surface area contributed by atoms with E-state index >= 15 is 0 Å². The van der Waals surface area contributed by atoms with Gasteiger partial charge in [-0.3, -0.25) is 9.59 Å². The van der Waals surface area contributed by atoms with Gasteiger partial charge in [0.2, 0.25) is 5.91 Å². The third-order valence-corrected chi connectivity index (χ3v) is 10.3. The Morgan fingerprint density at radius 2 is 1.81 bits per heavy atom. The van der Waals surface area contributed by atoms with E-state index in [1.165, 1.54) is 32.4 Å². The normalized spacial score (nSPS) is 22.3. The maximum Gasteiger partial charge on any atom is 0.343 e. The van der Waals surface area contributed by atoms with Crippen LogP contribution in [0.2, 0.25) is 0 Å². The van der Waals surface area contributed by atoms with Gasteiger partial charge in [-0.15, -0.1) is 0 Å². The number of hydrogen-bond acceptors (Lipinski definition) is 7. The lowest BCUT2D eigenvalue weighted by atomic mass is 9.86. The topological polar surface area (TPSA) is 105 Å². The molecule has 1 atom stereocenters. The molecule has 1 aromatic carbocycles.